The number of ether oxygens (including phenoxy) is 1. The highest BCUT2D eigenvalue weighted by Crippen LogP contribution is 2.19. The Balaban J connectivity index is 2.59. The van der Waals surface area contributed by atoms with Crippen LogP contribution in [0.4, 0.5) is 0 Å². The molecule has 0 aliphatic carbocycles. The van der Waals surface area contributed by atoms with Gasteiger partial charge in [-0.05, 0) is 13.8 Å². The fourth-order valence-corrected chi connectivity index (χ4v) is 1.97. The Labute approximate surface area is 124 Å². The number of hydrogen-bond donors (Lipinski definition) is 5. The highest BCUT2D eigenvalue weighted by molar-refractivity contribution is 5.92. The summed E-state index contributed by atoms with van der Waals surface area (Å²) in [7, 11) is 0. The molecule has 7 nitrogen and oxygen atoms in total. The van der Waals surface area contributed by atoms with Gasteiger partial charge < -0.3 is 30.7 Å². The van der Waals surface area contributed by atoms with E-state index < -0.39 is 30.6 Å². The first-order valence-corrected chi connectivity index (χ1v) is 6.75. The Bertz CT molecular complexity index is 412. The Hall–Kier alpha value is -1.25. The number of rotatable bonds is 6. The van der Waals surface area contributed by atoms with Gasteiger partial charge in [0, 0.05) is 18.7 Å². The molecule has 0 bridgehead atoms. The Morgan fingerprint density at radius 2 is 1.81 bits per heavy atom. The summed E-state index contributed by atoms with van der Waals surface area (Å²) < 4.78 is 5.25. The second kappa shape index (κ2) is 7.67. The second-order valence-corrected chi connectivity index (χ2v) is 5.40. The third-order valence-electron chi connectivity index (χ3n) is 3.21. The summed E-state index contributed by atoms with van der Waals surface area (Å²) >= 11 is 0. The van der Waals surface area contributed by atoms with Crippen molar-refractivity contribution in [2.75, 3.05) is 13.1 Å². The maximum absolute atomic E-state index is 11.4. The van der Waals surface area contributed by atoms with Crippen LogP contribution in [-0.4, -0.2) is 65.0 Å². The van der Waals surface area contributed by atoms with E-state index in [2.05, 4.69) is 23.8 Å². The van der Waals surface area contributed by atoms with Gasteiger partial charge in [-0.3, -0.25) is 4.79 Å². The molecule has 1 amide bonds. The highest BCUT2D eigenvalue weighted by atomic mass is 16.6. The molecular weight excluding hydrogens is 276 g/mol. The average molecular weight is 300 g/mol. The quantitative estimate of drug-likeness (QED) is 0.306. The number of aliphatic hydroxyl groups is 3. The van der Waals surface area contributed by atoms with Crippen LogP contribution in [0.15, 0.2) is 24.3 Å². The molecular formula is C14H24N2O5. The van der Waals surface area contributed by atoms with Crippen LogP contribution in [0.2, 0.25) is 0 Å². The van der Waals surface area contributed by atoms with E-state index in [0.29, 0.717) is 12.1 Å². The molecule has 0 spiro atoms. The number of nitrogens with one attached hydrogen (secondary N) is 2. The van der Waals surface area contributed by atoms with Gasteiger partial charge in [-0.15, -0.1) is 0 Å². The first-order valence-electron chi connectivity index (χ1n) is 6.75. The SMILES string of the molecule is C=C(C)CNC1C(O)OC(CNC(=O)C(=C)C)C(O)C1O. The van der Waals surface area contributed by atoms with Crippen LogP contribution in [-0.2, 0) is 9.53 Å². The number of amides is 1. The van der Waals surface area contributed by atoms with E-state index in [9.17, 15) is 20.1 Å². The largest absolute Gasteiger partial charge is 0.388 e. The fourth-order valence-electron chi connectivity index (χ4n) is 1.97. The van der Waals surface area contributed by atoms with Gasteiger partial charge in [0.15, 0.2) is 6.29 Å². The third kappa shape index (κ3) is 4.90. The maximum atomic E-state index is 11.4. The van der Waals surface area contributed by atoms with Gasteiger partial charge in [0.2, 0.25) is 5.91 Å². The lowest BCUT2D eigenvalue weighted by Crippen LogP contribution is -2.64. The number of carbonyl (C=O) groups is 1. The zero-order valence-electron chi connectivity index (χ0n) is 12.4. The van der Waals surface area contributed by atoms with Gasteiger partial charge in [0.05, 0.1) is 6.04 Å². The Morgan fingerprint density at radius 3 is 2.33 bits per heavy atom. The van der Waals surface area contributed by atoms with E-state index in [4.69, 9.17) is 4.74 Å². The maximum Gasteiger partial charge on any atom is 0.246 e. The molecule has 1 rings (SSSR count). The Morgan fingerprint density at radius 1 is 1.19 bits per heavy atom. The van der Waals surface area contributed by atoms with Crippen LogP contribution in [0, 0.1) is 0 Å². The van der Waals surface area contributed by atoms with E-state index in [1.165, 1.54) is 0 Å². The zero-order valence-corrected chi connectivity index (χ0v) is 12.4. The molecule has 5 N–H and O–H groups in total. The second-order valence-electron chi connectivity index (χ2n) is 5.40. The fraction of sp³-hybridized carbons (Fsp3) is 0.643. The number of hydrogen-bond acceptors (Lipinski definition) is 6. The normalized spacial score (nSPS) is 32.5. The predicted octanol–water partition coefficient (Wildman–Crippen LogP) is -1.35. The van der Waals surface area contributed by atoms with Crippen molar-refractivity contribution >= 4 is 5.91 Å². The highest BCUT2D eigenvalue weighted by Gasteiger charge is 2.43. The topological polar surface area (TPSA) is 111 Å². The van der Waals surface area contributed by atoms with Crippen LogP contribution < -0.4 is 10.6 Å². The van der Waals surface area contributed by atoms with Crippen LogP contribution in [0.5, 0.6) is 0 Å². The summed E-state index contributed by atoms with van der Waals surface area (Å²) in [5.41, 5.74) is 1.14. The molecule has 0 radical (unpaired) electrons. The van der Waals surface area contributed by atoms with Crippen molar-refractivity contribution in [1.82, 2.24) is 10.6 Å². The van der Waals surface area contributed by atoms with Gasteiger partial charge in [-0.2, -0.15) is 0 Å². The summed E-state index contributed by atoms with van der Waals surface area (Å²) in [5.74, 6) is -0.377. The van der Waals surface area contributed by atoms with Gasteiger partial charge in [-0.1, -0.05) is 18.7 Å². The van der Waals surface area contributed by atoms with Crippen LogP contribution in [0.3, 0.4) is 0 Å². The van der Waals surface area contributed by atoms with Crippen molar-refractivity contribution < 1.29 is 24.9 Å². The van der Waals surface area contributed by atoms with Crippen molar-refractivity contribution in [3.05, 3.63) is 24.3 Å². The summed E-state index contributed by atoms with van der Waals surface area (Å²) in [4.78, 5) is 11.4. The molecule has 1 fully saturated rings. The standard InChI is InChI=1S/C14H24N2O5/c1-7(2)5-15-10-12(18)11(17)9(21-14(10)20)6-16-13(19)8(3)4/h9-12,14-15,17-18,20H,1,3,5-6H2,2,4H3,(H,16,19). The van der Waals surface area contributed by atoms with Crippen LogP contribution >= 0.6 is 0 Å². The minimum atomic E-state index is -1.30. The number of carbonyl (C=O) groups excluding carboxylic acids is 1. The minimum Gasteiger partial charge on any atom is -0.388 e. The van der Waals surface area contributed by atoms with Gasteiger partial charge >= 0.3 is 0 Å². The first kappa shape index (κ1) is 17.8. The van der Waals surface area contributed by atoms with Gasteiger partial charge in [0.1, 0.15) is 18.3 Å². The monoisotopic (exact) mass is 300 g/mol. The molecule has 1 saturated heterocycles. The lowest BCUT2D eigenvalue weighted by atomic mass is 9.96. The summed E-state index contributed by atoms with van der Waals surface area (Å²) in [6.07, 6.45) is -4.66. The van der Waals surface area contributed by atoms with Crippen molar-refractivity contribution in [2.24, 2.45) is 0 Å². The van der Waals surface area contributed by atoms with E-state index in [1.807, 2.05) is 0 Å². The van der Waals surface area contributed by atoms with E-state index in [-0.39, 0.29) is 12.5 Å². The summed E-state index contributed by atoms with van der Waals surface area (Å²) in [6, 6.07) is -0.829. The molecule has 7 heteroatoms. The summed E-state index contributed by atoms with van der Waals surface area (Å²) in [6.45, 7) is 10.9. The average Bonchev–Trinajstić information content (AvgIpc) is 2.40. The van der Waals surface area contributed by atoms with Crippen LogP contribution in [0.1, 0.15) is 13.8 Å². The third-order valence-corrected chi connectivity index (χ3v) is 3.21. The molecule has 21 heavy (non-hydrogen) atoms. The molecule has 1 aliphatic rings. The van der Waals surface area contributed by atoms with Crippen molar-refractivity contribution in [3.63, 3.8) is 0 Å². The van der Waals surface area contributed by atoms with Crippen molar-refractivity contribution in [1.29, 1.82) is 0 Å². The first-order chi connectivity index (χ1) is 9.73. The molecule has 5 unspecified atom stereocenters. The lowest BCUT2D eigenvalue weighted by molar-refractivity contribution is -0.245. The summed E-state index contributed by atoms with van der Waals surface area (Å²) in [5, 5.41) is 35.3. The number of aliphatic hydroxyl groups excluding tert-OH is 3. The zero-order chi connectivity index (χ0) is 16.2. The molecule has 0 aromatic heterocycles. The lowest BCUT2D eigenvalue weighted by Gasteiger charge is -2.41. The van der Waals surface area contributed by atoms with Crippen LogP contribution in [0.25, 0.3) is 0 Å². The van der Waals surface area contributed by atoms with Crippen molar-refractivity contribution in [3.8, 4) is 0 Å². The van der Waals surface area contributed by atoms with Gasteiger partial charge in [0.25, 0.3) is 0 Å². The molecule has 0 aromatic carbocycles. The molecule has 1 heterocycles. The molecule has 0 saturated carbocycles. The van der Waals surface area contributed by atoms with E-state index in [1.54, 1.807) is 13.8 Å². The van der Waals surface area contributed by atoms with E-state index >= 15 is 0 Å². The molecule has 0 aromatic rings. The molecule has 1 aliphatic heterocycles. The smallest absolute Gasteiger partial charge is 0.246 e. The predicted molar refractivity (Wildman–Crippen MR) is 77.3 cm³/mol. The minimum absolute atomic E-state index is 0.0335. The van der Waals surface area contributed by atoms with Crippen molar-refractivity contribution in [2.45, 2.75) is 44.5 Å². The molecule has 120 valence electrons. The van der Waals surface area contributed by atoms with Gasteiger partial charge in [-0.25, -0.2) is 0 Å². The molecule has 5 atom stereocenters. The Kier molecular flexibility index (Phi) is 6.50. The van der Waals surface area contributed by atoms with E-state index in [0.717, 1.165) is 5.57 Å².